The van der Waals surface area contributed by atoms with E-state index < -0.39 is 0 Å². The van der Waals surface area contributed by atoms with Crippen molar-refractivity contribution in [3.05, 3.63) is 44.9 Å². The van der Waals surface area contributed by atoms with Crippen LogP contribution in [0, 0.1) is 10.6 Å². The van der Waals surface area contributed by atoms with E-state index in [-0.39, 0.29) is 0 Å². The van der Waals surface area contributed by atoms with E-state index in [9.17, 15) is 0 Å². The van der Waals surface area contributed by atoms with Crippen LogP contribution >= 0.6 is 34.2 Å². The maximum atomic E-state index is 6.07. The van der Waals surface area contributed by atoms with Crippen LogP contribution in [0.2, 0.25) is 5.02 Å². The van der Waals surface area contributed by atoms with Crippen LogP contribution in [0.1, 0.15) is 5.69 Å². The molecule has 14 heavy (non-hydrogen) atoms. The zero-order valence-corrected chi connectivity index (χ0v) is 10.5. The number of pyridine rings is 1. The Labute approximate surface area is 101 Å². The van der Waals surface area contributed by atoms with Crippen LogP contribution in [0.4, 0.5) is 0 Å². The molecule has 0 aromatic carbocycles. The van der Waals surface area contributed by atoms with Gasteiger partial charge in [0.25, 0.3) is 0 Å². The predicted octanol–water partition coefficient (Wildman–Crippen LogP) is 3.44. The van der Waals surface area contributed by atoms with E-state index in [0.717, 1.165) is 15.2 Å². The smallest absolute Gasteiger partial charge is 0.156 e. The summed E-state index contributed by atoms with van der Waals surface area (Å²) in [6.45, 7) is 2.03. The lowest BCUT2D eigenvalue weighted by Gasteiger charge is -2.08. The predicted molar refractivity (Wildman–Crippen MR) is 66.0 cm³/mol. The highest BCUT2D eigenvalue weighted by atomic mass is 127. The first-order valence-electron chi connectivity index (χ1n) is 4.15. The van der Waals surface area contributed by atoms with Gasteiger partial charge in [-0.2, -0.15) is 0 Å². The zero-order valence-electron chi connectivity index (χ0n) is 7.54. The molecule has 0 aliphatic carbocycles. The van der Waals surface area contributed by atoms with Gasteiger partial charge >= 0.3 is 0 Å². The van der Waals surface area contributed by atoms with Gasteiger partial charge in [-0.1, -0.05) is 11.6 Å². The molecule has 2 aromatic rings. The molecule has 2 rings (SSSR count). The van der Waals surface area contributed by atoms with E-state index in [1.165, 1.54) is 0 Å². The maximum Gasteiger partial charge on any atom is 0.156 e. The highest BCUT2D eigenvalue weighted by Crippen LogP contribution is 2.22. The first kappa shape index (κ1) is 9.98. The van der Waals surface area contributed by atoms with Gasteiger partial charge in [0.1, 0.15) is 0 Å². The van der Waals surface area contributed by atoms with Crippen molar-refractivity contribution in [1.29, 1.82) is 0 Å². The molecule has 0 aliphatic rings. The molecule has 0 saturated heterocycles. The van der Waals surface area contributed by atoms with E-state index in [2.05, 4.69) is 27.6 Å². The molecule has 0 spiro atoms. The zero-order chi connectivity index (χ0) is 10.1. The van der Waals surface area contributed by atoms with E-state index in [1.54, 1.807) is 6.20 Å². The first-order valence-corrected chi connectivity index (χ1v) is 5.60. The SMILES string of the molecule is Cc1ccc(I)n1-c1ncccc1Cl. The topological polar surface area (TPSA) is 17.8 Å². The quantitative estimate of drug-likeness (QED) is 0.737. The van der Waals surface area contributed by atoms with E-state index >= 15 is 0 Å². The lowest BCUT2D eigenvalue weighted by Crippen LogP contribution is -2.01. The molecule has 2 heterocycles. The number of aryl methyl sites for hydroxylation is 1. The van der Waals surface area contributed by atoms with E-state index in [4.69, 9.17) is 11.6 Å². The number of aromatic nitrogens is 2. The number of halogens is 2. The van der Waals surface area contributed by atoms with Crippen LogP contribution in [0.3, 0.4) is 0 Å². The second-order valence-corrected chi connectivity index (χ2v) is 4.45. The maximum absolute atomic E-state index is 6.07. The summed E-state index contributed by atoms with van der Waals surface area (Å²) in [6, 6.07) is 7.77. The minimum Gasteiger partial charge on any atom is -0.292 e. The van der Waals surface area contributed by atoms with Crippen LogP contribution in [0.15, 0.2) is 30.5 Å². The minimum absolute atomic E-state index is 0.671. The lowest BCUT2D eigenvalue weighted by atomic mass is 10.4. The molecule has 2 aromatic heterocycles. The molecule has 0 amide bonds. The number of hydrogen-bond donors (Lipinski definition) is 0. The molecular formula is C10H8ClIN2. The van der Waals surface area contributed by atoms with Crippen molar-refractivity contribution in [1.82, 2.24) is 9.55 Å². The van der Waals surface area contributed by atoms with Crippen LogP contribution in [0.25, 0.3) is 5.82 Å². The summed E-state index contributed by atoms with van der Waals surface area (Å²) in [5.41, 5.74) is 1.13. The Balaban J connectivity index is 2.66. The van der Waals surface area contributed by atoms with Gasteiger partial charge in [0, 0.05) is 11.9 Å². The van der Waals surface area contributed by atoms with Crippen molar-refractivity contribution in [2.75, 3.05) is 0 Å². The molecule has 0 fully saturated rings. The van der Waals surface area contributed by atoms with Crippen molar-refractivity contribution in [3.8, 4) is 5.82 Å². The monoisotopic (exact) mass is 318 g/mol. The normalized spacial score (nSPS) is 10.5. The molecule has 0 bridgehead atoms. The van der Waals surface area contributed by atoms with Crippen LogP contribution in [-0.4, -0.2) is 9.55 Å². The van der Waals surface area contributed by atoms with Crippen molar-refractivity contribution in [2.24, 2.45) is 0 Å². The fraction of sp³-hybridized carbons (Fsp3) is 0.100. The summed E-state index contributed by atoms with van der Waals surface area (Å²) in [5, 5.41) is 0.671. The van der Waals surface area contributed by atoms with Crippen LogP contribution in [0.5, 0.6) is 0 Å². The molecule has 0 N–H and O–H groups in total. The Bertz CT molecular complexity index is 445. The van der Waals surface area contributed by atoms with E-state index in [0.29, 0.717) is 5.02 Å². The van der Waals surface area contributed by atoms with Crippen molar-refractivity contribution < 1.29 is 0 Å². The number of nitrogens with zero attached hydrogens (tertiary/aromatic N) is 2. The van der Waals surface area contributed by atoms with Gasteiger partial charge in [-0.15, -0.1) is 0 Å². The van der Waals surface area contributed by atoms with Gasteiger partial charge in [-0.3, -0.25) is 4.57 Å². The van der Waals surface area contributed by atoms with Gasteiger partial charge in [0.2, 0.25) is 0 Å². The Morgan fingerprint density at radius 3 is 2.71 bits per heavy atom. The Kier molecular flexibility index (Phi) is 2.78. The fourth-order valence-corrected chi connectivity index (χ4v) is 2.31. The summed E-state index contributed by atoms with van der Waals surface area (Å²) in [5.74, 6) is 0.793. The molecule has 72 valence electrons. The lowest BCUT2D eigenvalue weighted by molar-refractivity contribution is 0.938. The summed E-state index contributed by atoms with van der Waals surface area (Å²) < 4.78 is 3.14. The molecule has 0 aliphatic heterocycles. The summed E-state index contributed by atoms with van der Waals surface area (Å²) in [7, 11) is 0. The third-order valence-electron chi connectivity index (χ3n) is 1.98. The Morgan fingerprint density at radius 2 is 2.14 bits per heavy atom. The van der Waals surface area contributed by atoms with Gasteiger partial charge in [-0.25, -0.2) is 4.98 Å². The largest absolute Gasteiger partial charge is 0.292 e. The minimum atomic E-state index is 0.671. The fourth-order valence-electron chi connectivity index (χ4n) is 1.32. The van der Waals surface area contributed by atoms with E-state index in [1.807, 2.05) is 35.8 Å². The van der Waals surface area contributed by atoms with Gasteiger partial charge in [0.05, 0.1) is 8.72 Å². The van der Waals surface area contributed by atoms with Crippen LogP contribution in [-0.2, 0) is 0 Å². The standard InChI is InChI=1S/C10H8ClIN2/c1-7-4-5-9(12)14(7)10-8(11)3-2-6-13-10/h2-6H,1H3. The Morgan fingerprint density at radius 1 is 1.36 bits per heavy atom. The number of rotatable bonds is 1. The second kappa shape index (κ2) is 3.90. The van der Waals surface area contributed by atoms with Crippen molar-refractivity contribution in [3.63, 3.8) is 0 Å². The third kappa shape index (κ3) is 1.66. The van der Waals surface area contributed by atoms with Gasteiger partial charge in [-0.05, 0) is 53.8 Å². The molecule has 0 atom stereocenters. The molecule has 0 unspecified atom stereocenters. The molecule has 4 heteroatoms. The van der Waals surface area contributed by atoms with Gasteiger partial charge in [0.15, 0.2) is 5.82 Å². The Hall–Kier alpha value is -0.550. The van der Waals surface area contributed by atoms with Gasteiger partial charge < -0.3 is 0 Å². The molecular weight excluding hydrogens is 310 g/mol. The summed E-state index contributed by atoms with van der Waals surface area (Å²) >= 11 is 8.34. The number of hydrogen-bond acceptors (Lipinski definition) is 1. The first-order chi connectivity index (χ1) is 6.70. The molecule has 0 saturated carbocycles. The van der Waals surface area contributed by atoms with Crippen molar-refractivity contribution >= 4 is 34.2 Å². The van der Waals surface area contributed by atoms with Crippen molar-refractivity contribution in [2.45, 2.75) is 6.92 Å². The highest BCUT2D eigenvalue weighted by Gasteiger charge is 2.08. The molecule has 0 radical (unpaired) electrons. The highest BCUT2D eigenvalue weighted by molar-refractivity contribution is 14.1. The summed E-state index contributed by atoms with van der Waals surface area (Å²) in [6.07, 6.45) is 1.75. The molecule has 2 nitrogen and oxygen atoms in total. The van der Waals surface area contributed by atoms with Crippen LogP contribution < -0.4 is 0 Å². The summed E-state index contributed by atoms with van der Waals surface area (Å²) in [4.78, 5) is 4.27. The second-order valence-electron chi connectivity index (χ2n) is 2.94. The third-order valence-corrected chi connectivity index (χ3v) is 3.12. The average Bonchev–Trinajstić information content (AvgIpc) is 2.48. The average molecular weight is 319 g/mol.